The molecular weight excluding hydrogens is 311 g/mol. The SMILES string of the molecule is CC(NOc1ccc(C=O)cc1)c1ccc(OC(F)(F)F)cc1. The molecule has 1 atom stereocenters. The van der Waals surface area contributed by atoms with Gasteiger partial charge in [-0.15, -0.1) is 18.7 Å². The summed E-state index contributed by atoms with van der Waals surface area (Å²) in [5, 5.41) is 0. The van der Waals surface area contributed by atoms with Crippen molar-refractivity contribution in [1.29, 1.82) is 0 Å². The zero-order valence-corrected chi connectivity index (χ0v) is 12.1. The third kappa shape index (κ3) is 5.30. The minimum atomic E-state index is -4.71. The van der Waals surface area contributed by atoms with Crippen LogP contribution in [0.3, 0.4) is 0 Å². The Morgan fingerprint density at radius 2 is 1.57 bits per heavy atom. The largest absolute Gasteiger partial charge is 0.573 e. The maximum Gasteiger partial charge on any atom is 0.573 e. The molecule has 122 valence electrons. The van der Waals surface area contributed by atoms with E-state index < -0.39 is 6.36 Å². The second-order valence-electron chi connectivity index (χ2n) is 4.75. The Kier molecular flexibility index (Phi) is 5.23. The van der Waals surface area contributed by atoms with E-state index in [4.69, 9.17) is 4.84 Å². The number of hydroxylamine groups is 1. The number of ether oxygens (including phenoxy) is 1. The van der Waals surface area contributed by atoms with Crippen LogP contribution in [0.15, 0.2) is 48.5 Å². The minimum Gasteiger partial charge on any atom is -0.408 e. The smallest absolute Gasteiger partial charge is 0.408 e. The highest BCUT2D eigenvalue weighted by atomic mass is 19.4. The summed E-state index contributed by atoms with van der Waals surface area (Å²) in [5.41, 5.74) is 4.03. The number of aldehydes is 1. The molecule has 0 saturated carbocycles. The predicted octanol–water partition coefficient (Wildman–Crippen LogP) is 4.04. The van der Waals surface area contributed by atoms with Crippen LogP contribution in [-0.2, 0) is 0 Å². The molecule has 0 spiro atoms. The van der Waals surface area contributed by atoms with Crippen LogP contribution >= 0.6 is 0 Å². The van der Waals surface area contributed by atoms with E-state index in [9.17, 15) is 18.0 Å². The summed E-state index contributed by atoms with van der Waals surface area (Å²) < 4.78 is 40.1. The molecule has 23 heavy (non-hydrogen) atoms. The number of rotatable bonds is 6. The maximum atomic E-state index is 12.1. The van der Waals surface area contributed by atoms with Gasteiger partial charge in [0, 0.05) is 5.56 Å². The Balaban J connectivity index is 1.92. The first-order valence-electron chi connectivity index (χ1n) is 6.71. The Bertz CT molecular complexity index is 639. The second-order valence-corrected chi connectivity index (χ2v) is 4.75. The highest BCUT2D eigenvalue weighted by molar-refractivity contribution is 5.74. The molecule has 2 rings (SSSR count). The number of hydrogen-bond donors (Lipinski definition) is 1. The molecule has 2 aromatic rings. The van der Waals surface area contributed by atoms with Crippen molar-refractivity contribution >= 4 is 6.29 Å². The minimum absolute atomic E-state index is 0.263. The average Bonchev–Trinajstić information content (AvgIpc) is 2.52. The van der Waals surface area contributed by atoms with E-state index in [2.05, 4.69) is 10.2 Å². The summed E-state index contributed by atoms with van der Waals surface area (Å²) >= 11 is 0. The van der Waals surface area contributed by atoms with Gasteiger partial charge in [-0.25, -0.2) is 0 Å². The molecular formula is C16H14F3NO3. The normalized spacial score (nSPS) is 12.5. The van der Waals surface area contributed by atoms with Crippen LogP contribution in [0.2, 0.25) is 0 Å². The van der Waals surface area contributed by atoms with E-state index in [1.165, 1.54) is 24.3 Å². The molecule has 4 nitrogen and oxygen atoms in total. The Morgan fingerprint density at radius 3 is 2.09 bits per heavy atom. The molecule has 0 aliphatic rings. The van der Waals surface area contributed by atoms with Crippen LogP contribution in [-0.4, -0.2) is 12.6 Å². The van der Waals surface area contributed by atoms with Gasteiger partial charge in [0.25, 0.3) is 0 Å². The monoisotopic (exact) mass is 325 g/mol. The molecule has 0 amide bonds. The molecule has 2 aromatic carbocycles. The van der Waals surface area contributed by atoms with Crippen molar-refractivity contribution in [3.8, 4) is 11.5 Å². The summed E-state index contributed by atoms with van der Waals surface area (Å²) in [5.74, 6) is 0.235. The molecule has 7 heteroatoms. The standard InChI is InChI=1S/C16H14F3NO3/c1-11(20-23-15-6-2-12(10-21)3-7-15)13-4-8-14(9-5-13)22-16(17,18)19/h2-11,20H,1H3. The lowest BCUT2D eigenvalue weighted by Crippen LogP contribution is -2.22. The number of alkyl halides is 3. The van der Waals surface area contributed by atoms with Gasteiger partial charge in [-0.1, -0.05) is 12.1 Å². The number of halogens is 3. The molecule has 1 N–H and O–H groups in total. The van der Waals surface area contributed by atoms with Gasteiger partial charge in [0.15, 0.2) is 0 Å². The fraction of sp³-hybridized carbons (Fsp3) is 0.188. The second kappa shape index (κ2) is 7.15. The first kappa shape index (κ1) is 16.8. The van der Waals surface area contributed by atoms with Gasteiger partial charge >= 0.3 is 6.36 Å². The predicted molar refractivity (Wildman–Crippen MR) is 77.1 cm³/mol. The van der Waals surface area contributed by atoms with Gasteiger partial charge < -0.3 is 9.57 Å². The van der Waals surface area contributed by atoms with Crippen molar-refractivity contribution in [3.63, 3.8) is 0 Å². The Morgan fingerprint density at radius 1 is 1.00 bits per heavy atom. The molecule has 0 saturated heterocycles. The molecule has 1 unspecified atom stereocenters. The molecule has 0 aromatic heterocycles. The Labute approximate surface area is 130 Å². The highest BCUT2D eigenvalue weighted by Gasteiger charge is 2.31. The van der Waals surface area contributed by atoms with Gasteiger partial charge in [0.05, 0.1) is 6.04 Å². The van der Waals surface area contributed by atoms with E-state index in [0.717, 1.165) is 11.8 Å². The van der Waals surface area contributed by atoms with Gasteiger partial charge in [0.1, 0.15) is 17.8 Å². The molecule has 0 bridgehead atoms. The van der Waals surface area contributed by atoms with Crippen molar-refractivity contribution < 1.29 is 27.5 Å². The number of benzene rings is 2. The summed E-state index contributed by atoms with van der Waals surface area (Å²) in [4.78, 5) is 15.9. The molecule has 0 aliphatic carbocycles. The van der Waals surface area contributed by atoms with E-state index in [1.807, 2.05) is 0 Å². The first-order valence-corrected chi connectivity index (χ1v) is 6.71. The molecule has 0 aliphatic heterocycles. The van der Waals surface area contributed by atoms with Gasteiger partial charge in [-0.3, -0.25) is 4.79 Å². The van der Waals surface area contributed by atoms with Crippen molar-refractivity contribution in [3.05, 3.63) is 59.7 Å². The maximum absolute atomic E-state index is 12.1. The summed E-state index contributed by atoms with van der Waals surface area (Å²) in [7, 11) is 0. The van der Waals surface area contributed by atoms with Crippen molar-refractivity contribution in [2.45, 2.75) is 19.3 Å². The zero-order chi connectivity index (χ0) is 16.9. The van der Waals surface area contributed by atoms with Crippen LogP contribution < -0.4 is 15.1 Å². The molecule has 0 heterocycles. The van der Waals surface area contributed by atoms with Crippen LogP contribution in [0.4, 0.5) is 13.2 Å². The van der Waals surface area contributed by atoms with E-state index >= 15 is 0 Å². The number of nitrogens with one attached hydrogen (secondary N) is 1. The third-order valence-electron chi connectivity index (χ3n) is 2.98. The molecule has 0 radical (unpaired) electrons. The number of carbonyl (C=O) groups excluding carboxylic acids is 1. The van der Waals surface area contributed by atoms with Gasteiger partial charge in [-0.2, -0.15) is 0 Å². The van der Waals surface area contributed by atoms with E-state index in [0.29, 0.717) is 11.3 Å². The first-order chi connectivity index (χ1) is 10.9. The van der Waals surface area contributed by atoms with Crippen LogP contribution in [0.1, 0.15) is 28.9 Å². The van der Waals surface area contributed by atoms with Crippen molar-refractivity contribution in [2.24, 2.45) is 0 Å². The third-order valence-corrected chi connectivity index (χ3v) is 2.98. The lowest BCUT2D eigenvalue weighted by Gasteiger charge is -2.15. The number of hydrogen-bond acceptors (Lipinski definition) is 4. The summed E-state index contributed by atoms with van der Waals surface area (Å²) in [6.45, 7) is 1.79. The zero-order valence-electron chi connectivity index (χ0n) is 12.1. The van der Waals surface area contributed by atoms with E-state index in [1.54, 1.807) is 31.2 Å². The topological polar surface area (TPSA) is 47.6 Å². The van der Waals surface area contributed by atoms with Crippen molar-refractivity contribution in [1.82, 2.24) is 5.48 Å². The van der Waals surface area contributed by atoms with Crippen LogP contribution in [0.5, 0.6) is 11.5 Å². The molecule has 0 fully saturated rings. The summed E-state index contributed by atoms with van der Waals surface area (Å²) in [6.07, 6.45) is -3.98. The van der Waals surface area contributed by atoms with Gasteiger partial charge in [0.2, 0.25) is 0 Å². The summed E-state index contributed by atoms with van der Waals surface area (Å²) in [6, 6.07) is 11.7. The van der Waals surface area contributed by atoms with Crippen LogP contribution in [0.25, 0.3) is 0 Å². The quantitative estimate of drug-likeness (QED) is 0.643. The lowest BCUT2D eigenvalue weighted by molar-refractivity contribution is -0.274. The van der Waals surface area contributed by atoms with Crippen molar-refractivity contribution in [2.75, 3.05) is 0 Å². The highest BCUT2D eigenvalue weighted by Crippen LogP contribution is 2.24. The van der Waals surface area contributed by atoms with Gasteiger partial charge in [-0.05, 0) is 48.9 Å². The average molecular weight is 325 g/mol. The van der Waals surface area contributed by atoms with E-state index in [-0.39, 0.29) is 11.8 Å². The fourth-order valence-electron chi connectivity index (χ4n) is 1.80. The van der Waals surface area contributed by atoms with Crippen LogP contribution in [0, 0.1) is 0 Å². The Hall–Kier alpha value is -2.54. The number of carbonyl (C=O) groups is 1. The lowest BCUT2D eigenvalue weighted by atomic mass is 10.1. The fourth-order valence-corrected chi connectivity index (χ4v) is 1.80.